The quantitative estimate of drug-likeness (QED) is 0.800. The van der Waals surface area contributed by atoms with Crippen molar-refractivity contribution in [3.05, 3.63) is 12.1 Å². The molecule has 3 rings (SSSR count). The molecule has 1 aromatic heterocycles. The number of hydrogen-bond donors (Lipinski definition) is 2. The second-order valence-corrected chi connectivity index (χ2v) is 5.41. The fourth-order valence-corrected chi connectivity index (χ4v) is 3.07. The Morgan fingerprint density at radius 1 is 1.25 bits per heavy atom. The number of anilines is 3. The summed E-state index contributed by atoms with van der Waals surface area (Å²) in [6.45, 7) is 3.00. The molecule has 6 heteroatoms. The molecular formula is C14H21N5O. The van der Waals surface area contributed by atoms with Crippen molar-refractivity contribution in [1.82, 2.24) is 10.3 Å². The molecule has 6 nitrogen and oxygen atoms in total. The number of amides is 1. The monoisotopic (exact) mass is 275 g/mol. The molecule has 1 amide bonds. The van der Waals surface area contributed by atoms with Gasteiger partial charge in [-0.25, -0.2) is 4.98 Å². The zero-order valence-electron chi connectivity index (χ0n) is 11.6. The fourth-order valence-electron chi connectivity index (χ4n) is 3.07. The second-order valence-electron chi connectivity index (χ2n) is 5.41. The van der Waals surface area contributed by atoms with Gasteiger partial charge in [-0.15, -0.1) is 0 Å². The molecule has 0 saturated carbocycles. The molecule has 0 aliphatic carbocycles. The highest BCUT2D eigenvalue weighted by atomic mass is 16.1. The summed E-state index contributed by atoms with van der Waals surface area (Å²) in [5.41, 5.74) is 6.76. The Balaban J connectivity index is 1.87. The lowest BCUT2D eigenvalue weighted by molar-refractivity contribution is -0.110. The van der Waals surface area contributed by atoms with E-state index in [0.29, 0.717) is 5.69 Å². The summed E-state index contributed by atoms with van der Waals surface area (Å²) in [6, 6.07) is 3.91. The van der Waals surface area contributed by atoms with Gasteiger partial charge in [-0.05, 0) is 37.8 Å². The summed E-state index contributed by atoms with van der Waals surface area (Å²) in [6.07, 6.45) is 5.19. The van der Waals surface area contributed by atoms with Crippen molar-refractivity contribution >= 4 is 23.7 Å². The minimum Gasteiger partial charge on any atom is -0.396 e. The van der Waals surface area contributed by atoms with Gasteiger partial charge in [-0.3, -0.25) is 4.79 Å². The van der Waals surface area contributed by atoms with Crippen LogP contribution in [-0.4, -0.2) is 37.2 Å². The lowest BCUT2D eigenvalue weighted by Crippen LogP contribution is -2.41. The van der Waals surface area contributed by atoms with E-state index in [4.69, 9.17) is 10.7 Å². The van der Waals surface area contributed by atoms with Crippen molar-refractivity contribution in [2.75, 3.05) is 35.2 Å². The standard InChI is InChI=1S/C14H21N5O/c15-11-5-6-13(18-7-1-2-8-18)17-14(11)19-9-3-4-12(19)16-10-20/h5-6,10,12H,1-4,7-9,15H2,(H,16,20). The molecule has 0 bridgehead atoms. The average molecular weight is 275 g/mol. The van der Waals surface area contributed by atoms with E-state index < -0.39 is 0 Å². The van der Waals surface area contributed by atoms with Crippen molar-refractivity contribution in [2.45, 2.75) is 31.8 Å². The van der Waals surface area contributed by atoms with Gasteiger partial charge in [0.2, 0.25) is 6.41 Å². The molecule has 2 fully saturated rings. The van der Waals surface area contributed by atoms with Gasteiger partial charge in [0.05, 0.1) is 5.69 Å². The van der Waals surface area contributed by atoms with Crippen LogP contribution in [0.15, 0.2) is 12.1 Å². The van der Waals surface area contributed by atoms with Crippen molar-refractivity contribution < 1.29 is 4.79 Å². The van der Waals surface area contributed by atoms with Crippen molar-refractivity contribution in [3.8, 4) is 0 Å². The number of nitrogens with one attached hydrogen (secondary N) is 1. The Kier molecular flexibility index (Phi) is 3.62. The van der Waals surface area contributed by atoms with E-state index in [1.54, 1.807) is 0 Å². The molecule has 2 aliphatic rings. The van der Waals surface area contributed by atoms with Crippen molar-refractivity contribution in [3.63, 3.8) is 0 Å². The molecule has 0 spiro atoms. The van der Waals surface area contributed by atoms with Gasteiger partial charge >= 0.3 is 0 Å². The fraction of sp³-hybridized carbons (Fsp3) is 0.571. The van der Waals surface area contributed by atoms with E-state index >= 15 is 0 Å². The van der Waals surface area contributed by atoms with Gasteiger partial charge < -0.3 is 20.9 Å². The Labute approximate surface area is 118 Å². The van der Waals surface area contributed by atoms with E-state index in [1.807, 2.05) is 12.1 Å². The maximum Gasteiger partial charge on any atom is 0.208 e. The van der Waals surface area contributed by atoms with Gasteiger partial charge in [0.1, 0.15) is 12.0 Å². The van der Waals surface area contributed by atoms with E-state index in [-0.39, 0.29) is 6.17 Å². The number of nitrogen functional groups attached to an aromatic ring is 1. The molecular weight excluding hydrogens is 254 g/mol. The lowest BCUT2D eigenvalue weighted by Gasteiger charge is -2.27. The molecule has 1 aromatic rings. The average Bonchev–Trinajstić information content (AvgIpc) is 3.11. The summed E-state index contributed by atoms with van der Waals surface area (Å²) in [5.74, 6) is 1.79. The molecule has 2 aliphatic heterocycles. The molecule has 1 unspecified atom stereocenters. The topological polar surface area (TPSA) is 74.5 Å². The van der Waals surface area contributed by atoms with E-state index in [0.717, 1.165) is 50.5 Å². The smallest absolute Gasteiger partial charge is 0.208 e. The minimum absolute atomic E-state index is 0.0103. The predicted molar refractivity (Wildman–Crippen MR) is 79.7 cm³/mol. The summed E-state index contributed by atoms with van der Waals surface area (Å²) in [5, 5.41) is 2.85. The van der Waals surface area contributed by atoms with Gasteiger partial charge in [0, 0.05) is 19.6 Å². The highest BCUT2D eigenvalue weighted by Crippen LogP contribution is 2.30. The van der Waals surface area contributed by atoms with E-state index in [1.165, 1.54) is 12.8 Å². The van der Waals surface area contributed by atoms with E-state index in [9.17, 15) is 4.79 Å². The first-order valence-corrected chi connectivity index (χ1v) is 7.27. The number of nitrogens with zero attached hydrogens (tertiary/aromatic N) is 3. The van der Waals surface area contributed by atoms with Crippen LogP contribution in [0.4, 0.5) is 17.3 Å². The van der Waals surface area contributed by atoms with Crippen LogP contribution >= 0.6 is 0 Å². The maximum atomic E-state index is 10.7. The number of rotatable bonds is 4. The number of carbonyl (C=O) groups is 1. The van der Waals surface area contributed by atoms with Gasteiger partial charge in [0.15, 0.2) is 5.82 Å². The molecule has 0 aromatic carbocycles. The number of nitrogens with two attached hydrogens (primary N) is 1. The Morgan fingerprint density at radius 2 is 2.05 bits per heavy atom. The Bertz CT molecular complexity index is 486. The number of aromatic nitrogens is 1. The highest BCUT2D eigenvalue weighted by Gasteiger charge is 2.27. The zero-order chi connectivity index (χ0) is 13.9. The summed E-state index contributed by atoms with van der Waals surface area (Å²) in [7, 11) is 0. The van der Waals surface area contributed by atoms with Crippen LogP contribution < -0.4 is 20.9 Å². The summed E-state index contributed by atoms with van der Waals surface area (Å²) in [4.78, 5) is 19.8. The third kappa shape index (κ3) is 2.37. The van der Waals surface area contributed by atoms with Gasteiger partial charge in [-0.2, -0.15) is 0 Å². The first kappa shape index (κ1) is 13.0. The van der Waals surface area contributed by atoms with Crippen LogP contribution in [0, 0.1) is 0 Å². The zero-order valence-corrected chi connectivity index (χ0v) is 11.6. The molecule has 2 saturated heterocycles. The number of hydrogen-bond acceptors (Lipinski definition) is 5. The van der Waals surface area contributed by atoms with Crippen LogP contribution in [0.3, 0.4) is 0 Å². The van der Waals surface area contributed by atoms with Crippen LogP contribution in [0.2, 0.25) is 0 Å². The lowest BCUT2D eigenvalue weighted by atomic mass is 10.3. The molecule has 20 heavy (non-hydrogen) atoms. The van der Waals surface area contributed by atoms with Gasteiger partial charge in [0.25, 0.3) is 0 Å². The molecule has 108 valence electrons. The minimum atomic E-state index is 0.0103. The van der Waals surface area contributed by atoms with Crippen LogP contribution in [0.1, 0.15) is 25.7 Å². The third-order valence-electron chi connectivity index (χ3n) is 4.11. The molecule has 3 heterocycles. The summed E-state index contributed by atoms with van der Waals surface area (Å²) >= 11 is 0. The number of pyridine rings is 1. The van der Waals surface area contributed by atoms with Crippen LogP contribution in [0.25, 0.3) is 0 Å². The maximum absolute atomic E-state index is 10.7. The molecule has 0 radical (unpaired) electrons. The van der Waals surface area contributed by atoms with Gasteiger partial charge in [-0.1, -0.05) is 0 Å². The third-order valence-corrected chi connectivity index (χ3v) is 4.11. The SMILES string of the molecule is Nc1ccc(N2CCCC2)nc1N1CCCC1NC=O. The van der Waals surface area contributed by atoms with Crippen LogP contribution in [0.5, 0.6) is 0 Å². The Hall–Kier alpha value is -1.98. The molecule has 3 N–H and O–H groups in total. The van der Waals surface area contributed by atoms with E-state index in [2.05, 4.69) is 15.1 Å². The van der Waals surface area contributed by atoms with Crippen molar-refractivity contribution in [2.24, 2.45) is 0 Å². The Morgan fingerprint density at radius 3 is 2.80 bits per heavy atom. The van der Waals surface area contributed by atoms with Crippen molar-refractivity contribution in [1.29, 1.82) is 0 Å². The predicted octanol–water partition coefficient (Wildman–Crippen LogP) is 0.936. The molecule has 1 atom stereocenters. The first-order chi connectivity index (χ1) is 9.79. The summed E-state index contributed by atoms with van der Waals surface area (Å²) < 4.78 is 0. The second kappa shape index (κ2) is 5.56. The number of carbonyl (C=O) groups excluding carboxylic acids is 1. The largest absolute Gasteiger partial charge is 0.396 e. The first-order valence-electron chi connectivity index (χ1n) is 7.27. The van der Waals surface area contributed by atoms with Crippen LogP contribution in [-0.2, 0) is 4.79 Å². The highest BCUT2D eigenvalue weighted by molar-refractivity contribution is 5.67. The normalized spacial score (nSPS) is 22.3.